The summed E-state index contributed by atoms with van der Waals surface area (Å²) >= 11 is 1.37. The number of hydrogen-bond donors (Lipinski definition) is 1. The lowest BCUT2D eigenvalue weighted by Crippen LogP contribution is -2.46. The predicted octanol–water partition coefficient (Wildman–Crippen LogP) is 2.13. The van der Waals surface area contributed by atoms with Crippen molar-refractivity contribution in [3.63, 3.8) is 0 Å². The van der Waals surface area contributed by atoms with Gasteiger partial charge < -0.3 is 15.1 Å². The monoisotopic (exact) mass is 454 g/mol. The molecule has 1 saturated heterocycles. The molecule has 32 heavy (non-hydrogen) atoms. The average molecular weight is 455 g/mol. The van der Waals surface area contributed by atoms with Crippen LogP contribution in [0.5, 0.6) is 0 Å². The molecule has 0 aliphatic carbocycles. The number of rotatable bonds is 8. The lowest BCUT2D eigenvalue weighted by Gasteiger charge is -2.33. The number of nitrogens with zero attached hydrogens (tertiary/aromatic N) is 5. The van der Waals surface area contributed by atoms with Gasteiger partial charge in [-0.1, -0.05) is 48.6 Å². The number of nitrogens with one attached hydrogen (secondary N) is 1. The molecule has 0 unspecified atom stereocenters. The molecule has 0 bridgehead atoms. The number of piperazine rings is 1. The van der Waals surface area contributed by atoms with Crippen molar-refractivity contribution in [2.75, 3.05) is 37.6 Å². The second-order valence-electron chi connectivity index (χ2n) is 8.24. The van der Waals surface area contributed by atoms with Crippen LogP contribution >= 0.6 is 11.3 Å². The molecule has 1 aliphatic heterocycles. The fourth-order valence-electron chi connectivity index (χ4n) is 3.91. The Balaban J connectivity index is 1.37. The Bertz CT molecular complexity index is 1100. The summed E-state index contributed by atoms with van der Waals surface area (Å²) in [7, 11) is 0. The lowest BCUT2D eigenvalue weighted by molar-refractivity contribution is -0.122. The second kappa shape index (κ2) is 10.2. The molecule has 1 N–H and O–H groups in total. The van der Waals surface area contributed by atoms with Gasteiger partial charge in [0.1, 0.15) is 17.6 Å². The number of carbonyl (C=O) groups excluding carboxylic acids is 1. The normalized spacial score (nSPS) is 15.8. The zero-order chi connectivity index (χ0) is 22.5. The topological polar surface area (TPSA) is 83.4 Å². The van der Waals surface area contributed by atoms with Crippen molar-refractivity contribution < 1.29 is 4.79 Å². The van der Waals surface area contributed by atoms with Crippen molar-refractivity contribution >= 4 is 32.7 Å². The minimum absolute atomic E-state index is 0.0203. The molecule has 1 amide bonds. The van der Waals surface area contributed by atoms with E-state index in [1.807, 2.05) is 25.1 Å². The third-order valence-electron chi connectivity index (χ3n) is 5.89. The van der Waals surface area contributed by atoms with Crippen LogP contribution in [0, 0.1) is 0 Å². The molecule has 2 aromatic heterocycles. The van der Waals surface area contributed by atoms with Crippen LogP contribution in [0.15, 0.2) is 41.5 Å². The second-order valence-corrected chi connectivity index (χ2v) is 9.22. The number of aromatic nitrogens is 3. The Morgan fingerprint density at radius 2 is 1.94 bits per heavy atom. The van der Waals surface area contributed by atoms with E-state index in [2.05, 4.69) is 44.1 Å². The fraction of sp³-hybridized carbons (Fsp3) is 0.478. The van der Waals surface area contributed by atoms with E-state index in [4.69, 9.17) is 0 Å². The molecular weight excluding hydrogens is 424 g/mol. The van der Waals surface area contributed by atoms with E-state index in [0.717, 1.165) is 50.7 Å². The summed E-state index contributed by atoms with van der Waals surface area (Å²) in [5.41, 5.74) is 1.50. The maximum absolute atomic E-state index is 12.9. The van der Waals surface area contributed by atoms with Gasteiger partial charge in [-0.25, -0.2) is 4.98 Å². The molecule has 4 rings (SSSR count). The van der Waals surface area contributed by atoms with Crippen LogP contribution in [-0.4, -0.2) is 64.1 Å². The molecule has 3 aromatic rings. The molecule has 1 fully saturated rings. The summed E-state index contributed by atoms with van der Waals surface area (Å²) in [6.07, 6.45) is 3.16. The van der Waals surface area contributed by atoms with Crippen molar-refractivity contribution in [1.82, 2.24) is 24.8 Å². The number of carbonyl (C=O) groups is 1. The number of fused-ring (bicyclic) bond motifs is 1. The summed E-state index contributed by atoms with van der Waals surface area (Å²) in [6.45, 7) is 8.93. The largest absolute Gasteiger partial charge is 0.352 e. The van der Waals surface area contributed by atoms with Crippen LogP contribution in [0.25, 0.3) is 10.3 Å². The van der Waals surface area contributed by atoms with Crippen molar-refractivity contribution in [3.8, 4) is 0 Å². The van der Waals surface area contributed by atoms with Gasteiger partial charge in [0.15, 0.2) is 10.8 Å². The maximum Gasteiger partial charge on any atom is 0.273 e. The smallest absolute Gasteiger partial charge is 0.273 e. The summed E-state index contributed by atoms with van der Waals surface area (Å²) in [6, 6.07) is 10.2. The number of thiazole rings is 1. The van der Waals surface area contributed by atoms with Gasteiger partial charge in [-0.3, -0.25) is 14.2 Å². The van der Waals surface area contributed by atoms with Gasteiger partial charge in [0, 0.05) is 32.2 Å². The quantitative estimate of drug-likeness (QED) is 0.562. The first-order valence-corrected chi connectivity index (χ1v) is 12.0. The highest BCUT2D eigenvalue weighted by Gasteiger charge is 2.21. The van der Waals surface area contributed by atoms with Crippen LogP contribution in [0.2, 0.25) is 0 Å². The average Bonchev–Trinajstić information content (AvgIpc) is 3.25. The first kappa shape index (κ1) is 22.4. The minimum atomic E-state index is -0.210. The van der Waals surface area contributed by atoms with Gasteiger partial charge in [0.05, 0.1) is 0 Å². The van der Waals surface area contributed by atoms with E-state index in [-0.39, 0.29) is 24.1 Å². The number of aryl methyl sites for hydroxylation is 1. The van der Waals surface area contributed by atoms with Crippen LogP contribution < -0.4 is 15.8 Å². The van der Waals surface area contributed by atoms with Crippen LogP contribution in [-0.2, 0) is 17.8 Å². The van der Waals surface area contributed by atoms with Gasteiger partial charge in [0.25, 0.3) is 5.56 Å². The Morgan fingerprint density at radius 1 is 1.19 bits per heavy atom. The number of amides is 1. The molecule has 9 heteroatoms. The van der Waals surface area contributed by atoms with Crippen molar-refractivity contribution in [1.29, 1.82) is 0 Å². The molecule has 1 atom stereocenters. The van der Waals surface area contributed by atoms with Crippen LogP contribution in [0.3, 0.4) is 0 Å². The van der Waals surface area contributed by atoms with Gasteiger partial charge in [-0.05, 0) is 31.9 Å². The molecule has 170 valence electrons. The van der Waals surface area contributed by atoms with Crippen molar-refractivity contribution in [2.24, 2.45) is 0 Å². The highest BCUT2D eigenvalue weighted by atomic mass is 32.1. The predicted molar refractivity (Wildman–Crippen MR) is 128 cm³/mol. The Morgan fingerprint density at radius 3 is 2.66 bits per heavy atom. The Kier molecular flexibility index (Phi) is 7.16. The van der Waals surface area contributed by atoms with Gasteiger partial charge in [-0.15, -0.1) is 0 Å². The highest BCUT2D eigenvalue weighted by molar-refractivity contribution is 7.22. The summed E-state index contributed by atoms with van der Waals surface area (Å²) in [5, 5.41) is 3.82. The number of hydrogen-bond acceptors (Lipinski definition) is 7. The summed E-state index contributed by atoms with van der Waals surface area (Å²) in [5.74, 6) is -0.186. The molecule has 8 nitrogen and oxygen atoms in total. The van der Waals surface area contributed by atoms with E-state index >= 15 is 0 Å². The minimum Gasteiger partial charge on any atom is -0.352 e. The van der Waals surface area contributed by atoms with Crippen LogP contribution in [0.1, 0.15) is 25.8 Å². The summed E-state index contributed by atoms with van der Waals surface area (Å²) in [4.78, 5) is 39.0. The molecule has 0 radical (unpaired) electrons. The van der Waals surface area contributed by atoms with Gasteiger partial charge >= 0.3 is 0 Å². The fourth-order valence-corrected chi connectivity index (χ4v) is 4.93. The molecule has 1 aliphatic rings. The zero-order valence-electron chi connectivity index (χ0n) is 18.7. The van der Waals surface area contributed by atoms with Crippen molar-refractivity contribution in [2.45, 2.75) is 39.3 Å². The number of benzene rings is 1. The van der Waals surface area contributed by atoms with Gasteiger partial charge in [-0.2, -0.15) is 4.98 Å². The molecule has 3 heterocycles. The zero-order valence-corrected chi connectivity index (χ0v) is 19.5. The standard InChI is InChI=1S/C23H30N6O2S/c1-3-27-11-13-28(14-12-27)23-26-21-20(32-23)22(31)29(16-24-21)15-19(30)25-17(2)9-10-18-7-5-4-6-8-18/h4-8,16-17H,3,9-15H2,1-2H3,(H,25,30)/t17-/m0/s1. The Hall–Kier alpha value is -2.78. The first-order chi connectivity index (χ1) is 15.5. The van der Waals surface area contributed by atoms with E-state index in [9.17, 15) is 9.59 Å². The van der Waals surface area contributed by atoms with E-state index in [1.54, 1.807) is 0 Å². The van der Waals surface area contributed by atoms with E-state index in [1.165, 1.54) is 27.8 Å². The Labute approximate surface area is 191 Å². The molecular formula is C23H30N6O2S. The first-order valence-electron chi connectivity index (χ1n) is 11.2. The maximum atomic E-state index is 12.9. The number of likely N-dealkylation sites (N-methyl/N-ethyl adjacent to an activating group) is 1. The van der Waals surface area contributed by atoms with Crippen LogP contribution in [0.4, 0.5) is 5.13 Å². The van der Waals surface area contributed by atoms with Gasteiger partial charge in [0.2, 0.25) is 5.91 Å². The van der Waals surface area contributed by atoms with E-state index in [0.29, 0.717) is 10.3 Å². The molecule has 0 spiro atoms. The lowest BCUT2D eigenvalue weighted by atomic mass is 10.1. The molecule has 0 saturated carbocycles. The molecule has 1 aromatic carbocycles. The summed E-state index contributed by atoms with van der Waals surface area (Å²) < 4.78 is 1.88. The van der Waals surface area contributed by atoms with E-state index < -0.39 is 0 Å². The third-order valence-corrected chi connectivity index (χ3v) is 6.99. The SMILES string of the molecule is CCN1CCN(c2nc3ncn(CC(=O)N[C@@H](C)CCc4ccccc4)c(=O)c3s2)CC1. The number of anilines is 1. The van der Waals surface area contributed by atoms with Crippen molar-refractivity contribution in [3.05, 3.63) is 52.6 Å². The highest BCUT2D eigenvalue weighted by Crippen LogP contribution is 2.26. The third kappa shape index (κ3) is 5.34.